The van der Waals surface area contributed by atoms with Crippen molar-refractivity contribution in [2.45, 2.75) is 19.4 Å². The van der Waals surface area contributed by atoms with E-state index in [2.05, 4.69) is 10.4 Å². The Morgan fingerprint density at radius 3 is 2.89 bits per heavy atom. The Hall–Kier alpha value is -2.25. The molecule has 7 nitrogen and oxygen atoms in total. The van der Waals surface area contributed by atoms with Crippen LogP contribution in [-0.4, -0.2) is 47.0 Å². The van der Waals surface area contributed by atoms with Gasteiger partial charge in [-0.1, -0.05) is 6.07 Å². The summed E-state index contributed by atoms with van der Waals surface area (Å²) in [4.78, 5) is 15.1. The molecule has 0 unspecified atom stereocenters. The highest BCUT2D eigenvalue weighted by molar-refractivity contribution is 5.85. The summed E-state index contributed by atoms with van der Waals surface area (Å²) in [5.41, 5.74) is 2.17. The number of halogens is 1. The number of carbonyl (C=O) groups excluding carboxylic acids is 1. The molecule has 4 rings (SSSR count). The van der Waals surface area contributed by atoms with Crippen molar-refractivity contribution in [1.29, 1.82) is 0 Å². The first-order valence-electron chi connectivity index (χ1n) is 9.02. The van der Waals surface area contributed by atoms with E-state index in [4.69, 9.17) is 9.47 Å². The van der Waals surface area contributed by atoms with E-state index < -0.39 is 0 Å². The van der Waals surface area contributed by atoms with Gasteiger partial charge in [0.05, 0.1) is 12.1 Å². The van der Waals surface area contributed by atoms with Crippen LogP contribution >= 0.6 is 12.4 Å². The number of benzene rings is 1. The van der Waals surface area contributed by atoms with Crippen molar-refractivity contribution in [3.8, 4) is 11.5 Å². The van der Waals surface area contributed by atoms with Crippen molar-refractivity contribution in [1.82, 2.24) is 20.0 Å². The maximum atomic E-state index is 13.2. The Balaban J connectivity index is 0.00000210. The number of ether oxygens (including phenoxy) is 2. The highest BCUT2D eigenvalue weighted by Crippen LogP contribution is 2.33. The smallest absolute Gasteiger partial charge is 0.231 e. The van der Waals surface area contributed by atoms with Crippen LogP contribution in [-0.2, 0) is 18.4 Å². The molecule has 0 radical (unpaired) electrons. The molecule has 1 aromatic heterocycles. The fourth-order valence-electron chi connectivity index (χ4n) is 3.76. The lowest BCUT2D eigenvalue weighted by molar-refractivity contribution is -0.135. The molecule has 0 bridgehead atoms. The molecule has 146 valence electrons. The average molecular weight is 393 g/mol. The summed E-state index contributed by atoms with van der Waals surface area (Å²) in [7, 11) is 1.90. The van der Waals surface area contributed by atoms with E-state index in [0.717, 1.165) is 29.2 Å². The van der Waals surface area contributed by atoms with E-state index in [9.17, 15) is 4.79 Å². The summed E-state index contributed by atoms with van der Waals surface area (Å²) < 4.78 is 12.6. The molecule has 1 amide bonds. The molecular weight excluding hydrogens is 368 g/mol. The zero-order valence-corrected chi connectivity index (χ0v) is 16.4. The number of carbonyl (C=O) groups is 1. The van der Waals surface area contributed by atoms with Crippen molar-refractivity contribution in [3.05, 3.63) is 41.7 Å². The predicted octanol–water partition coefficient (Wildman–Crippen LogP) is 1.92. The van der Waals surface area contributed by atoms with Crippen LogP contribution in [0.5, 0.6) is 11.5 Å². The van der Waals surface area contributed by atoms with Gasteiger partial charge in [0.25, 0.3) is 0 Å². The van der Waals surface area contributed by atoms with Crippen molar-refractivity contribution in [2.24, 2.45) is 13.0 Å². The van der Waals surface area contributed by atoms with Crippen LogP contribution in [0.4, 0.5) is 0 Å². The van der Waals surface area contributed by atoms with E-state index in [1.54, 1.807) is 4.68 Å². The van der Waals surface area contributed by atoms with Crippen molar-refractivity contribution < 1.29 is 14.3 Å². The second-order valence-corrected chi connectivity index (χ2v) is 6.86. The molecule has 2 aliphatic rings. The largest absolute Gasteiger partial charge is 0.454 e. The minimum atomic E-state index is -0.0619. The number of hydrogen-bond acceptors (Lipinski definition) is 5. The summed E-state index contributed by atoms with van der Waals surface area (Å²) in [5.74, 6) is 1.81. The van der Waals surface area contributed by atoms with Crippen LogP contribution in [0.1, 0.15) is 24.0 Å². The Morgan fingerprint density at radius 1 is 1.33 bits per heavy atom. The molecule has 27 heavy (non-hydrogen) atoms. The lowest BCUT2D eigenvalue weighted by atomic mass is 9.89. The van der Waals surface area contributed by atoms with Crippen LogP contribution in [0, 0.1) is 5.92 Å². The lowest BCUT2D eigenvalue weighted by Crippen LogP contribution is -2.38. The van der Waals surface area contributed by atoms with Gasteiger partial charge in [-0.2, -0.15) is 5.10 Å². The minimum absolute atomic E-state index is 0. The fraction of sp³-hybridized carbons (Fsp3) is 0.474. The Labute approximate surface area is 165 Å². The zero-order valence-electron chi connectivity index (χ0n) is 15.6. The van der Waals surface area contributed by atoms with Gasteiger partial charge in [-0.15, -0.1) is 12.4 Å². The van der Waals surface area contributed by atoms with E-state index >= 15 is 0 Å². The normalized spacial score (nSPS) is 20.4. The average Bonchev–Trinajstić information content (AvgIpc) is 3.38. The van der Waals surface area contributed by atoms with Crippen LogP contribution in [0.15, 0.2) is 30.6 Å². The van der Waals surface area contributed by atoms with E-state index in [1.165, 1.54) is 0 Å². The van der Waals surface area contributed by atoms with Gasteiger partial charge in [0.1, 0.15) is 0 Å². The Morgan fingerprint density at radius 2 is 2.15 bits per heavy atom. The first-order valence-corrected chi connectivity index (χ1v) is 9.02. The third-order valence-electron chi connectivity index (χ3n) is 5.19. The van der Waals surface area contributed by atoms with Crippen LogP contribution in [0.3, 0.4) is 0 Å². The summed E-state index contributed by atoms with van der Waals surface area (Å²) >= 11 is 0. The molecule has 2 aromatic rings. The molecule has 1 aromatic carbocycles. The van der Waals surface area contributed by atoms with Gasteiger partial charge in [0.2, 0.25) is 12.7 Å². The first kappa shape index (κ1) is 19.5. The van der Waals surface area contributed by atoms with Crippen molar-refractivity contribution in [2.75, 3.05) is 26.4 Å². The summed E-state index contributed by atoms with van der Waals surface area (Å²) in [5, 5.41) is 7.63. The topological polar surface area (TPSA) is 68.6 Å². The van der Waals surface area contributed by atoms with Gasteiger partial charge >= 0.3 is 0 Å². The minimum Gasteiger partial charge on any atom is -0.454 e. The van der Waals surface area contributed by atoms with Gasteiger partial charge in [0.15, 0.2) is 11.5 Å². The summed E-state index contributed by atoms with van der Waals surface area (Å²) in [6.45, 7) is 5.04. The monoisotopic (exact) mass is 392 g/mol. The number of hydrogen-bond donors (Lipinski definition) is 1. The second-order valence-electron chi connectivity index (χ2n) is 6.86. The number of rotatable bonds is 5. The van der Waals surface area contributed by atoms with Crippen LogP contribution in [0.2, 0.25) is 0 Å². The molecule has 0 saturated carbocycles. The molecule has 2 aliphatic heterocycles. The summed E-state index contributed by atoms with van der Waals surface area (Å²) in [6.07, 6.45) is 3.87. The van der Waals surface area contributed by atoms with Crippen molar-refractivity contribution >= 4 is 18.3 Å². The molecule has 0 aliphatic carbocycles. The Bertz CT molecular complexity index is 810. The third-order valence-corrected chi connectivity index (χ3v) is 5.19. The standard InChI is InChI=1S/C19H24N4O3.ClH/c1-3-23(10-13-4-5-17-18(6-13)26-12-25-17)19(24)16-9-20-8-15(16)14-7-21-22(2)11-14;/h4-7,11,15-16,20H,3,8-10,12H2,1-2H3;1H/t15-,16+;/m1./s1. The van der Waals surface area contributed by atoms with Gasteiger partial charge < -0.3 is 19.7 Å². The first-order chi connectivity index (χ1) is 12.7. The lowest BCUT2D eigenvalue weighted by Gasteiger charge is -2.27. The molecule has 8 heteroatoms. The molecular formula is C19H25ClN4O3. The second kappa shape index (κ2) is 8.19. The Kier molecular flexibility index (Phi) is 5.92. The number of aryl methyl sites for hydroxylation is 1. The molecule has 3 heterocycles. The molecule has 0 spiro atoms. The van der Waals surface area contributed by atoms with Crippen LogP contribution < -0.4 is 14.8 Å². The number of nitrogens with one attached hydrogen (secondary N) is 1. The maximum Gasteiger partial charge on any atom is 0.231 e. The molecule has 2 atom stereocenters. The van der Waals surface area contributed by atoms with Gasteiger partial charge in [0, 0.05) is 45.3 Å². The van der Waals surface area contributed by atoms with Gasteiger partial charge in [-0.3, -0.25) is 9.48 Å². The van der Waals surface area contributed by atoms with Crippen LogP contribution in [0.25, 0.3) is 0 Å². The van der Waals surface area contributed by atoms with E-state index in [-0.39, 0.29) is 36.9 Å². The number of fused-ring (bicyclic) bond motifs is 1. The highest BCUT2D eigenvalue weighted by atomic mass is 35.5. The third kappa shape index (κ3) is 3.89. The maximum absolute atomic E-state index is 13.2. The quantitative estimate of drug-likeness (QED) is 0.842. The highest BCUT2D eigenvalue weighted by Gasteiger charge is 2.36. The number of amides is 1. The SMILES string of the molecule is CCN(Cc1ccc2c(c1)OCO2)C(=O)[C@H]1CNC[C@@H]1c1cnn(C)c1.Cl. The predicted molar refractivity (Wildman–Crippen MR) is 103 cm³/mol. The number of aromatic nitrogens is 2. The van der Waals surface area contributed by atoms with E-state index in [1.807, 2.05) is 49.5 Å². The van der Waals surface area contributed by atoms with E-state index in [0.29, 0.717) is 19.6 Å². The molecule has 1 fully saturated rings. The zero-order chi connectivity index (χ0) is 18.1. The number of nitrogens with zero attached hydrogens (tertiary/aromatic N) is 3. The fourth-order valence-corrected chi connectivity index (χ4v) is 3.76. The van der Waals surface area contributed by atoms with Gasteiger partial charge in [-0.05, 0) is 30.2 Å². The van der Waals surface area contributed by atoms with Gasteiger partial charge in [-0.25, -0.2) is 0 Å². The molecule has 1 saturated heterocycles. The van der Waals surface area contributed by atoms with Crippen molar-refractivity contribution in [3.63, 3.8) is 0 Å². The molecule has 1 N–H and O–H groups in total. The summed E-state index contributed by atoms with van der Waals surface area (Å²) in [6, 6.07) is 5.87.